The number of likely N-dealkylation sites (N-methyl/N-ethyl adjacent to an activating group) is 1. The first kappa shape index (κ1) is 14.5. The summed E-state index contributed by atoms with van der Waals surface area (Å²) in [5.41, 5.74) is 5.44. The summed E-state index contributed by atoms with van der Waals surface area (Å²) >= 11 is 0. The highest BCUT2D eigenvalue weighted by Gasteiger charge is 2.43. The second-order valence-corrected chi connectivity index (χ2v) is 7.44. The monoisotopic (exact) mass is 286 g/mol. The second kappa shape index (κ2) is 5.22. The molecule has 0 spiro atoms. The third-order valence-electron chi connectivity index (χ3n) is 4.36. The molecule has 0 atom stereocenters. The number of aromatic amines is 1. The molecule has 2 rings (SSSR count). The Morgan fingerprint density at radius 1 is 1.53 bits per heavy atom. The van der Waals surface area contributed by atoms with E-state index in [1.807, 2.05) is 0 Å². The van der Waals surface area contributed by atoms with Crippen LogP contribution in [0.4, 0.5) is 0 Å². The molecule has 7 heteroatoms. The average molecular weight is 286 g/mol. The molecule has 1 heterocycles. The van der Waals surface area contributed by atoms with E-state index in [1.54, 1.807) is 7.05 Å². The molecule has 0 amide bonds. The molecular weight excluding hydrogens is 264 g/mol. The summed E-state index contributed by atoms with van der Waals surface area (Å²) < 4.78 is 26.5. The Labute approximate surface area is 114 Å². The zero-order valence-electron chi connectivity index (χ0n) is 11.5. The molecule has 1 aliphatic carbocycles. The number of H-pyrrole nitrogens is 1. The van der Waals surface area contributed by atoms with Crippen LogP contribution >= 0.6 is 0 Å². The minimum atomic E-state index is -3.55. The van der Waals surface area contributed by atoms with Crippen LogP contribution in [0.25, 0.3) is 0 Å². The van der Waals surface area contributed by atoms with Crippen LogP contribution in [0.15, 0.2) is 17.6 Å². The molecule has 1 fully saturated rings. The van der Waals surface area contributed by atoms with E-state index in [4.69, 9.17) is 5.73 Å². The molecule has 0 saturated heterocycles. The van der Waals surface area contributed by atoms with Crippen molar-refractivity contribution in [2.45, 2.75) is 43.2 Å². The van der Waals surface area contributed by atoms with E-state index in [2.05, 4.69) is 16.9 Å². The van der Waals surface area contributed by atoms with Gasteiger partial charge in [-0.2, -0.15) is 4.31 Å². The van der Waals surface area contributed by atoms with Gasteiger partial charge in [0.1, 0.15) is 0 Å². The predicted octanol–water partition coefficient (Wildman–Crippen LogP) is 0.938. The smallest absolute Gasteiger partial charge is 0.260 e. The van der Waals surface area contributed by atoms with Crippen LogP contribution in [0.3, 0.4) is 0 Å². The van der Waals surface area contributed by atoms with Crippen molar-refractivity contribution in [3.63, 3.8) is 0 Å². The van der Waals surface area contributed by atoms with Crippen molar-refractivity contribution in [3.8, 4) is 0 Å². The number of aromatic nitrogens is 2. The van der Waals surface area contributed by atoms with Gasteiger partial charge in [0.15, 0.2) is 5.03 Å². The first-order chi connectivity index (χ1) is 8.92. The molecule has 0 radical (unpaired) electrons. The van der Waals surface area contributed by atoms with E-state index in [0.717, 1.165) is 25.7 Å². The van der Waals surface area contributed by atoms with E-state index in [9.17, 15) is 8.42 Å². The molecule has 0 bridgehead atoms. The number of sulfonamides is 1. The molecule has 19 heavy (non-hydrogen) atoms. The van der Waals surface area contributed by atoms with E-state index in [0.29, 0.717) is 12.5 Å². The summed E-state index contributed by atoms with van der Waals surface area (Å²) in [5, 5.41) is 0.126. The summed E-state index contributed by atoms with van der Waals surface area (Å²) in [6, 6.07) is 0. The number of imidazole rings is 1. The molecule has 108 valence electrons. The van der Waals surface area contributed by atoms with Gasteiger partial charge < -0.3 is 10.7 Å². The molecule has 1 aromatic rings. The van der Waals surface area contributed by atoms with Gasteiger partial charge in [-0.1, -0.05) is 6.92 Å². The molecule has 3 N–H and O–H groups in total. The molecule has 0 aromatic carbocycles. The van der Waals surface area contributed by atoms with Crippen LogP contribution in [0, 0.1) is 5.92 Å². The fourth-order valence-electron chi connectivity index (χ4n) is 2.73. The fraction of sp³-hybridized carbons (Fsp3) is 0.750. The Kier molecular flexibility index (Phi) is 3.98. The van der Waals surface area contributed by atoms with Crippen molar-refractivity contribution in [2.24, 2.45) is 11.7 Å². The van der Waals surface area contributed by atoms with Crippen molar-refractivity contribution in [1.82, 2.24) is 14.3 Å². The van der Waals surface area contributed by atoms with Gasteiger partial charge in [-0.15, -0.1) is 0 Å². The lowest BCUT2D eigenvalue weighted by Crippen LogP contribution is -2.56. The Hall–Kier alpha value is -0.920. The zero-order chi connectivity index (χ0) is 14.1. The van der Waals surface area contributed by atoms with Gasteiger partial charge >= 0.3 is 0 Å². The number of hydrogen-bond acceptors (Lipinski definition) is 4. The first-order valence-corrected chi connectivity index (χ1v) is 8.04. The quantitative estimate of drug-likeness (QED) is 0.861. The maximum absolute atomic E-state index is 12.5. The maximum atomic E-state index is 12.5. The Bertz CT molecular complexity index is 504. The summed E-state index contributed by atoms with van der Waals surface area (Å²) in [4.78, 5) is 6.45. The number of nitrogens with zero attached hydrogens (tertiary/aromatic N) is 2. The number of hydrogen-bond donors (Lipinski definition) is 2. The second-order valence-electron chi connectivity index (χ2n) is 5.50. The van der Waals surface area contributed by atoms with Crippen molar-refractivity contribution in [1.29, 1.82) is 0 Å². The van der Waals surface area contributed by atoms with Gasteiger partial charge in [0, 0.05) is 19.1 Å². The normalized spacial score (nSPS) is 28.7. The lowest BCUT2D eigenvalue weighted by molar-refractivity contribution is 0.135. The lowest BCUT2D eigenvalue weighted by Gasteiger charge is -2.44. The zero-order valence-corrected chi connectivity index (χ0v) is 12.3. The van der Waals surface area contributed by atoms with E-state index in [-0.39, 0.29) is 5.03 Å². The van der Waals surface area contributed by atoms with Crippen molar-refractivity contribution in [3.05, 3.63) is 12.5 Å². The van der Waals surface area contributed by atoms with Crippen LogP contribution in [-0.2, 0) is 10.0 Å². The summed E-state index contributed by atoms with van der Waals surface area (Å²) in [6.07, 6.45) is 6.36. The first-order valence-electron chi connectivity index (χ1n) is 6.60. The van der Waals surface area contributed by atoms with Gasteiger partial charge in [-0.05, 0) is 31.6 Å². The molecule has 1 aromatic heterocycles. The highest BCUT2D eigenvalue weighted by atomic mass is 32.2. The summed E-state index contributed by atoms with van der Waals surface area (Å²) in [7, 11) is -1.92. The Morgan fingerprint density at radius 2 is 2.16 bits per heavy atom. The highest BCUT2D eigenvalue weighted by Crippen LogP contribution is 2.37. The fourth-order valence-corrected chi connectivity index (χ4v) is 4.19. The lowest BCUT2D eigenvalue weighted by atomic mass is 9.77. The molecule has 1 saturated carbocycles. The highest BCUT2D eigenvalue weighted by molar-refractivity contribution is 7.89. The third kappa shape index (κ3) is 2.54. The van der Waals surface area contributed by atoms with Crippen LogP contribution in [-0.4, -0.2) is 41.8 Å². The molecule has 0 aliphatic heterocycles. The van der Waals surface area contributed by atoms with Gasteiger partial charge in [0.2, 0.25) is 0 Å². The van der Waals surface area contributed by atoms with Crippen LogP contribution in [0.2, 0.25) is 0 Å². The minimum absolute atomic E-state index is 0.126. The maximum Gasteiger partial charge on any atom is 0.260 e. The Morgan fingerprint density at radius 3 is 2.63 bits per heavy atom. The van der Waals surface area contributed by atoms with Crippen molar-refractivity contribution < 1.29 is 8.42 Å². The average Bonchev–Trinajstić information content (AvgIpc) is 2.94. The van der Waals surface area contributed by atoms with E-state index < -0.39 is 15.6 Å². The van der Waals surface area contributed by atoms with Crippen LogP contribution in [0.1, 0.15) is 32.6 Å². The largest absolute Gasteiger partial charge is 0.335 e. The summed E-state index contributed by atoms with van der Waals surface area (Å²) in [5.74, 6) is 0.642. The third-order valence-corrected chi connectivity index (χ3v) is 6.25. The van der Waals surface area contributed by atoms with Gasteiger partial charge in [-0.3, -0.25) is 0 Å². The molecular formula is C12H22N4O2S. The van der Waals surface area contributed by atoms with Crippen molar-refractivity contribution in [2.75, 3.05) is 13.6 Å². The molecule has 1 aliphatic rings. The van der Waals surface area contributed by atoms with Crippen LogP contribution < -0.4 is 5.73 Å². The van der Waals surface area contributed by atoms with Gasteiger partial charge in [-0.25, -0.2) is 13.4 Å². The summed E-state index contributed by atoms with van der Waals surface area (Å²) in [6.45, 7) is 2.55. The van der Waals surface area contributed by atoms with Crippen LogP contribution in [0.5, 0.6) is 0 Å². The molecule has 0 unspecified atom stereocenters. The number of nitrogens with two attached hydrogens (primary N) is 1. The van der Waals surface area contributed by atoms with E-state index >= 15 is 0 Å². The van der Waals surface area contributed by atoms with Gasteiger partial charge in [0.05, 0.1) is 12.5 Å². The van der Waals surface area contributed by atoms with Crippen molar-refractivity contribution >= 4 is 10.0 Å². The minimum Gasteiger partial charge on any atom is -0.335 e. The van der Waals surface area contributed by atoms with Gasteiger partial charge in [0.25, 0.3) is 10.0 Å². The standard InChI is InChI=1S/C12H22N4O2S/c1-10-3-5-12(8-13,6-4-10)16(2)19(17,18)11-7-14-9-15-11/h7,9-10H,3-6,8,13H2,1-2H3,(H,14,15). The number of rotatable bonds is 4. The van der Waals surface area contributed by atoms with E-state index in [1.165, 1.54) is 16.8 Å². The Balaban J connectivity index is 2.29. The topological polar surface area (TPSA) is 92.1 Å². The predicted molar refractivity (Wildman–Crippen MR) is 73.0 cm³/mol. The SMILES string of the molecule is CC1CCC(CN)(N(C)S(=O)(=O)c2cnc[nH]2)CC1. The molecule has 6 nitrogen and oxygen atoms in total. The number of nitrogens with one attached hydrogen (secondary N) is 1.